The summed E-state index contributed by atoms with van der Waals surface area (Å²) in [6, 6.07) is 5.91. The van der Waals surface area contributed by atoms with Gasteiger partial charge in [-0.2, -0.15) is 5.26 Å². The van der Waals surface area contributed by atoms with Gasteiger partial charge in [0, 0.05) is 11.8 Å². The second-order valence-corrected chi connectivity index (χ2v) is 4.90. The van der Waals surface area contributed by atoms with E-state index in [1.54, 1.807) is 0 Å². The van der Waals surface area contributed by atoms with Crippen LogP contribution in [0.4, 0.5) is 4.39 Å². The fourth-order valence-corrected chi connectivity index (χ4v) is 1.87. The van der Waals surface area contributed by atoms with E-state index in [1.807, 2.05) is 19.9 Å². The Hall–Kier alpha value is -2.81. The highest BCUT2D eigenvalue weighted by molar-refractivity contribution is 6.02. The second-order valence-electron chi connectivity index (χ2n) is 4.90. The zero-order valence-corrected chi connectivity index (χ0v) is 12.2. The van der Waals surface area contributed by atoms with Crippen LogP contribution in [0, 0.1) is 17.1 Å². The van der Waals surface area contributed by atoms with E-state index in [1.165, 1.54) is 24.5 Å². The molecular formula is C16H14FN3O2. The molecule has 0 fully saturated rings. The number of nitriles is 1. The zero-order valence-electron chi connectivity index (χ0n) is 12.2. The predicted octanol–water partition coefficient (Wildman–Crippen LogP) is 2.89. The molecule has 0 bridgehead atoms. The first-order chi connectivity index (χ1) is 10.5. The number of hydrogen-bond donors (Lipinski definition) is 0. The highest BCUT2D eigenvalue weighted by Crippen LogP contribution is 2.21. The molecule has 0 saturated heterocycles. The summed E-state index contributed by atoms with van der Waals surface area (Å²) in [5.41, 5.74) is 0.444. The summed E-state index contributed by atoms with van der Waals surface area (Å²) in [5.74, 6) is -1.65. The summed E-state index contributed by atoms with van der Waals surface area (Å²) < 4.78 is 18.4. The van der Waals surface area contributed by atoms with E-state index < -0.39 is 17.5 Å². The average Bonchev–Trinajstić information content (AvgIpc) is 2.49. The third kappa shape index (κ3) is 3.64. The maximum absolute atomic E-state index is 12.9. The lowest BCUT2D eigenvalue weighted by Gasteiger charge is -2.11. The van der Waals surface area contributed by atoms with Crippen molar-refractivity contribution in [2.24, 2.45) is 0 Å². The molecule has 0 aliphatic heterocycles. The van der Waals surface area contributed by atoms with E-state index in [2.05, 4.69) is 9.97 Å². The van der Waals surface area contributed by atoms with E-state index >= 15 is 0 Å². The lowest BCUT2D eigenvalue weighted by molar-refractivity contribution is 0.0976. The Morgan fingerprint density at radius 3 is 2.68 bits per heavy atom. The third-order valence-corrected chi connectivity index (χ3v) is 2.81. The van der Waals surface area contributed by atoms with Crippen LogP contribution in [0.25, 0.3) is 0 Å². The molecule has 2 aromatic heterocycles. The smallest absolute Gasteiger partial charge is 0.187 e. The summed E-state index contributed by atoms with van der Waals surface area (Å²) in [5, 5.41) is 9.24. The Bertz CT molecular complexity index is 708. The molecule has 2 heterocycles. The molecule has 0 aliphatic carbocycles. The summed E-state index contributed by atoms with van der Waals surface area (Å²) in [7, 11) is 0. The summed E-state index contributed by atoms with van der Waals surface area (Å²) in [6.45, 7) is 3.71. The summed E-state index contributed by atoms with van der Waals surface area (Å²) >= 11 is 0. The van der Waals surface area contributed by atoms with E-state index in [9.17, 15) is 14.4 Å². The number of aromatic nitrogens is 2. The van der Waals surface area contributed by atoms with Gasteiger partial charge in [-0.1, -0.05) is 0 Å². The van der Waals surface area contributed by atoms with Crippen LogP contribution < -0.4 is 4.74 Å². The van der Waals surface area contributed by atoms with Crippen LogP contribution in [-0.4, -0.2) is 21.9 Å². The molecule has 112 valence electrons. The van der Waals surface area contributed by atoms with E-state index in [4.69, 9.17) is 4.74 Å². The van der Waals surface area contributed by atoms with Gasteiger partial charge in [0.15, 0.2) is 11.7 Å². The van der Waals surface area contributed by atoms with Crippen LogP contribution in [0.3, 0.4) is 0 Å². The van der Waals surface area contributed by atoms with Crippen LogP contribution in [0.2, 0.25) is 0 Å². The minimum Gasteiger partial charge on any atom is -0.489 e. The van der Waals surface area contributed by atoms with Crippen LogP contribution >= 0.6 is 0 Å². The molecule has 6 heteroatoms. The molecule has 0 aliphatic rings. The van der Waals surface area contributed by atoms with Crippen molar-refractivity contribution in [1.29, 1.82) is 5.26 Å². The monoisotopic (exact) mass is 299 g/mol. The molecule has 22 heavy (non-hydrogen) atoms. The quantitative estimate of drug-likeness (QED) is 0.793. The molecule has 0 N–H and O–H groups in total. The molecule has 0 amide bonds. The Morgan fingerprint density at radius 2 is 2.09 bits per heavy atom. The zero-order chi connectivity index (χ0) is 16.1. The van der Waals surface area contributed by atoms with Crippen molar-refractivity contribution in [3.05, 3.63) is 53.9 Å². The lowest BCUT2D eigenvalue weighted by atomic mass is 9.96. The van der Waals surface area contributed by atoms with Crippen LogP contribution in [0.5, 0.6) is 5.75 Å². The number of halogens is 1. The van der Waals surface area contributed by atoms with Crippen molar-refractivity contribution >= 4 is 5.78 Å². The molecule has 2 aromatic rings. The normalized spacial score (nSPS) is 11.8. The molecule has 2 rings (SSSR count). The van der Waals surface area contributed by atoms with E-state index in [-0.39, 0.29) is 17.4 Å². The van der Waals surface area contributed by atoms with Gasteiger partial charge in [-0.3, -0.25) is 14.8 Å². The minimum absolute atomic E-state index is 0.0577. The molecule has 5 nitrogen and oxygen atoms in total. The van der Waals surface area contributed by atoms with Crippen LogP contribution in [-0.2, 0) is 0 Å². The van der Waals surface area contributed by atoms with Gasteiger partial charge < -0.3 is 4.74 Å². The Morgan fingerprint density at radius 1 is 1.32 bits per heavy atom. The minimum atomic E-state index is -1.11. The van der Waals surface area contributed by atoms with Crippen molar-refractivity contribution in [2.75, 3.05) is 0 Å². The summed E-state index contributed by atoms with van der Waals surface area (Å²) in [4.78, 5) is 20.2. The Labute approximate surface area is 127 Å². The van der Waals surface area contributed by atoms with E-state index in [0.29, 0.717) is 5.75 Å². The number of ether oxygens (including phenoxy) is 1. The van der Waals surface area contributed by atoms with Crippen molar-refractivity contribution in [2.45, 2.75) is 25.9 Å². The Kier molecular flexibility index (Phi) is 4.79. The van der Waals surface area contributed by atoms with Gasteiger partial charge in [-0.15, -0.1) is 0 Å². The highest BCUT2D eigenvalue weighted by Gasteiger charge is 2.24. The number of rotatable bonds is 5. The van der Waals surface area contributed by atoms with Gasteiger partial charge in [-0.05, 0) is 32.0 Å². The van der Waals surface area contributed by atoms with Gasteiger partial charge in [0.1, 0.15) is 11.6 Å². The first-order valence-electron chi connectivity index (χ1n) is 6.68. The molecule has 0 spiro atoms. The van der Waals surface area contributed by atoms with E-state index in [0.717, 1.165) is 12.3 Å². The lowest BCUT2D eigenvalue weighted by Crippen LogP contribution is -2.14. The fourth-order valence-electron chi connectivity index (χ4n) is 1.87. The topological polar surface area (TPSA) is 75.9 Å². The number of ketones is 1. The van der Waals surface area contributed by atoms with Crippen molar-refractivity contribution in [3.8, 4) is 11.8 Å². The molecule has 0 aromatic carbocycles. The molecule has 0 saturated carbocycles. The van der Waals surface area contributed by atoms with Crippen LogP contribution in [0.15, 0.2) is 36.8 Å². The number of Topliss-reactive ketones (excluding diaryl/α,β-unsaturated/α-hetero) is 1. The predicted molar refractivity (Wildman–Crippen MR) is 76.9 cm³/mol. The first kappa shape index (κ1) is 15.6. The molecular weight excluding hydrogens is 285 g/mol. The van der Waals surface area contributed by atoms with Crippen molar-refractivity contribution < 1.29 is 13.9 Å². The van der Waals surface area contributed by atoms with Gasteiger partial charge in [0.25, 0.3) is 0 Å². The third-order valence-electron chi connectivity index (χ3n) is 2.81. The van der Waals surface area contributed by atoms with Gasteiger partial charge in [0.05, 0.1) is 30.3 Å². The van der Waals surface area contributed by atoms with Crippen LogP contribution in [0.1, 0.15) is 35.8 Å². The van der Waals surface area contributed by atoms with Crippen molar-refractivity contribution in [3.63, 3.8) is 0 Å². The highest BCUT2D eigenvalue weighted by atomic mass is 19.1. The van der Waals surface area contributed by atoms with Crippen molar-refractivity contribution in [1.82, 2.24) is 9.97 Å². The first-order valence-corrected chi connectivity index (χ1v) is 6.68. The fraction of sp³-hybridized carbons (Fsp3) is 0.250. The number of carbonyl (C=O) groups excluding carboxylic acids is 1. The van der Waals surface area contributed by atoms with Gasteiger partial charge in [-0.25, -0.2) is 4.39 Å². The average molecular weight is 299 g/mol. The maximum Gasteiger partial charge on any atom is 0.187 e. The molecule has 0 unspecified atom stereocenters. The molecule has 1 atom stereocenters. The number of nitrogens with zero attached hydrogens (tertiary/aromatic N) is 3. The number of pyridine rings is 2. The Balaban J connectivity index is 2.29. The largest absolute Gasteiger partial charge is 0.489 e. The van der Waals surface area contributed by atoms with Gasteiger partial charge >= 0.3 is 0 Å². The SMILES string of the molecule is CC(C)Oc1cncc(C(=O)[C@H](C#N)c2ccc(F)cn2)c1. The number of hydrogen-bond acceptors (Lipinski definition) is 5. The standard InChI is InChI=1S/C16H14FN3O2/c1-10(2)22-13-5-11(7-19-9-13)16(21)14(6-18)15-4-3-12(17)8-20-15/h3-5,7-10,14H,1-2H3/t14-/m1/s1. The second kappa shape index (κ2) is 6.76. The van der Waals surface area contributed by atoms with Gasteiger partial charge in [0.2, 0.25) is 0 Å². The maximum atomic E-state index is 12.9. The molecule has 0 radical (unpaired) electrons. The summed E-state index contributed by atoms with van der Waals surface area (Å²) in [6.07, 6.45) is 3.78. The number of carbonyl (C=O) groups is 1.